The van der Waals surface area contributed by atoms with Gasteiger partial charge in [-0.1, -0.05) is 33.8 Å². The molecule has 1 heterocycles. The maximum atomic E-state index is 13.0. The Morgan fingerprint density at radius 1 is 1.05 bits per heavy atom. The van der Waals surface area contributed by atoms with Gasteiger partial charge >= 0.3 is 5.97 Å². The summed E-state index contributed by atoms with van der Waals surface area (Å²) in [5, 5.41) is 18.0. The predicted octanol–water partition coefficient (Wildman–Crippen LogP) is 6.59. The summed E-state index contributed by atoms with van der Waals surface area (Å²) in [6, 6.07) is 14.5. The average molecular weight is 528 g/mol. The summed E-state index contributed by atoms with van der Waals surface area (Å²) >= 11 is 0. The molecule has 0 atom stereocenters. The second-order valence-corrected chi connectivity index (χ2v) is 10.9. The fourth-order valence-corrected chi connectivity index (χ4v) is 4.52. The summed E-state index contributed by atoms with van der Waals surface area (Å²) in [6.07, 6.45) is 0. The lowest BCUT2D eigenvalue weighted by Crippen LogP contribution is -2.37. The van der Waals surface area contributed by atoms with Gasteiger partial charge in [-0.3, -0.25) is 9.79 Å². The molecule has 39 heavy (non-hydrogen) atoms. The highest BCUT2D eigenvalue weighted by atomic mass is 16.4. The van der Waals surface area contributed by atoms with E-state index in [1.54, 1.807) is 12.1 Å². The van der Waals surface area contributed by atoms with Gasteiger partial charge in [-0.25, -0.2) is 4.79 Å². The molecule has 7 heteroatoms. The van der Waals surface area contributed by atoms with Crippen molar-refractivity contribution in [1.82, 2.24) is 5.32 Å². The first-order valence-corrected chi connectivity index (χ1v) is 13.3. The van der Waals surface area contributed by atoms with E-state index in [2.05, 4.69) is 43.3 Å². The number of aryl methyl sites for hydroxylation is 1. The molecule has 4 rings (SSSR count). The van der Waals surface area contributed by atoms with Gasteiger partial charge in [-0.2, -0.15) is 0 Å². The van der Waals surface area contributed by atoms with Crippen LogP contribution in [-0.4, -0.2) is 37.1 Å². The predicted molar refractivity (Wildman–Crippen MR) is 157 cm³/mol. The number of rotatable bonds is 8. The summed E-state index contributed by atoms with van der Waals surface area (Å²) in [5.74, 6) is -0.420. The van der Waals surface area contributed by atoms with Gasteiger partial charge in [0.05, 0.1) is 10.9 Å². The molecule has 0 unspecified atom stereocenters. The van der Waals surface area contributed by atoms with Gasteiger partial charge in [-0.15, -0.1) is 0 Å². The Hall–Kier alpha value is -4.13. The van der Waals surface area contributed by atoms with Crippen LogP contribution in [0.15, 0.2) is 57.9 Å². The normalized spacial score (nSPS) is 12.4. The quantitative estimate of drug-likeness (QED) is 0.224. The number of carbonyl (C=O) groups excluding carboxylic acids is 1. The van der Waals surface area contributed by atoms with E-state index in [1.807, 2.05) is 51.2 Å². The first-order chi connectivity index (χ1) is 18.5. The van der Waals surface area contributed by atoms with Crippen molar-refractivity contribution in [2.75, 3.05) is 25.5 Å². The molecule has 0 aromatic heterocycles. The Morgan fingerprint density at radius 2 is 1.79 bits per heavy atom. The number of hydrogen-bond acceptors (Lipinski definition) is 5. The van der Waals surface area contributed by atoms with Gasteiger partial charge < -0.3 is 20.2 Å². The third kappa shape index (κ3) is 5.53. The molecule has 1 aliphatic heterocycles. The molecule has 3 N–H and O–H groups in total. The van der Waals surface area contributed by atoms with E-state index in [4.69, 9.17) is 4.42 Å². The fourth-order valence-electron chi connectivity index (χ4n) is 4.52. The lowest BCUT2D eigenvalue weighted by molar-refractivity contribution is 0.0697. The van der Waals surface area contributed by atoms with E-state index in [0.29, 0.717) is 41.5 Å². The van der Waals surface area contributed by atoms with Crippen LogP contribution in [-0.2, 0) is 0 Å². The monoisotopic (exact) mass is 527 g/mol. The van der Waals surface area contributed by atoms with E-state index < -0.39 is 5.97 Å². The first kappa shape index (κ1) is 27.9. The number of anilines is 1. The van der Waals surface area contributed by atoms with E-state index in [0.717, 1.165) is 33.1 Å². The molecule has 2 aromatic carbocycles. The lowest BCUT2D eigenvalue weighted by Gasteiger charge is -2.29. The topological polar surface area (TPSA) is 104 Å². The van der Waals surface area contributed by atoms with Crippen LogP contribution in [0.3, 0.4) is 0 Å². The number of aromatic carboxylic acids is 1. The summed E-state index contributed by atoms with van der Waals surface area (Å²) in [6.45, 7) is 13.5. The molecular formula is C32H37N3O4. The fraction of sp³-hybridized carbons (Fsp3) is 0.344. The molecule has 1 aliphatic carbocycles. The molecule has 204 valence electrons. The van der Waals surface area contributed by atoms with Crippen LogP contribution in [0.25, 0.3) is 33.4 Å². The summed E-state index contributed by atoms with van der Waals surface area (Å²) in [7, 11) is 1.83. The number of amides is 1. The van der Waals surface area contributed by atoms with Crippen LogP contribution in [0.5, 0.6) is 0 Å². The standard InChI is InChI=1S/C32H37N3O4/c1-8-34-26-16-28-25(13-19(26)4)29(23-12-10-21(33-7)15-27(23)39-28)22-11-9-20(14-24(22)31(37)38)30(36)35-17-32(5,6)18(2)3/h9-16,18,33H,8,17H2,1-7H3,(H,35,36)(H,37,38)/b34-26-. The first-order valence-electron chi connectivity index (χ1n) is 13.3. The van der Waals surface area contributed by atoms with Gasteiger partial charge in [0.15, 0.2) is 0 Å². The molecule has 0 saturated heterocycles. The van der Waals surface area contributed by atoms with Crippen LogP contribution in [0, 0.1) is 18.3 Å². The summed E-state index contributed by atoms with van der Waals surface area (Å²) in [4.78, 5) is 30.2. The van der Waals surface area contributed by atoms with Crippen molar-refractivity contribution in [3.05, 3.63) is 70.6 Å². The lowest BCUT2D eigenvalue weighted by atomic mass is 9.81. The number of nitrogens with one attached hydrogen (secondary N) is 2. The Labute approximate surface area is 229 Å². The Balaban J connectivity index is 1.94. The van der Waals surface area contributed by atoms with Crippen molar-refractivity contribution in [1.29, 1.82) is 0 Å². The minimum absolute atomic E-state index is 0.0530. The molecule has 0 fully saturated rings. The molecule has 0 spiro atoms. The molecule has 2 aliphatic rings. The van der Waals surface area contributed by atoms with Gasteiger partial charge in [-0.05, 0) is 66.6 Å². The van der Waals surface area contributed by atoms with Crippen LogP contribution in [0.2, 0.25) is 0 Å². The number of benzene rings is 3. The highest BCUT2D eigenvalue weighted by Gasteiger charge is 2.25. The Morgan fingerprint density at radius 3 is 2.44 bits per heavy atom. The second-order valence-electron chi connectivity index (χ2n) is 10.9. The van der Waals surface area contributed by atoms with Gasteiger partial charge in [0.1, 0.15) is 11.3 Å². The molecule has 1 amide bonds. The van der Waals surface area contributed by atoms with Crippen molar-refractivity contribution in [2.45, 2.75) is 41.5 Å². The van der Waals surface area contributed by atoms with Crippen LogP contribution >= 0.6 is 0 Å². The van der Waals surface area contributed by atoms with Crippen LogP contribution in [0.4, 0.5) is 5.69 Å². The SMILES string of the molecule is CC/N=c1/cc2oc3cc(NC)ccc3c(-c3ccc(C(=O)NCC(C)(C)C(C)C)cc3C(=O)O)c-2cc1C. The highest BCUT2D eigenvalue weighted by molar-refractivity contribution is 6.09. The van der Waals surface area contributed by atoms with E-state index in [-0.39, 0.29) is 16.9 Å². The van der Waals surface area contributed by atoms with Gasteiger partial charge in [0, 0.05) is 60.0 Å². The van der Waals surface area contributed by atoms with Gasteiger partial charge in [0.25, 0.3) is 5.91 Å². The largest absolute Gasteiger partial charge is 0.478 e. The van der Waals surface area contributed by atoms with Crippen LogP contribution < -0.4 is 16.0 Å². The Kier molecular flexibility index (Phi) is 7.82. The third-order valence-electron chi connectivity index (χ3n) is 7.70. The molecule has 0 bridgehead atoms. The van der Waals surface area contributed by atoms with E-state index in [9.17, 15) is 14.7 Å². The van der Waals surface area contributed by atoms with E-state index in [1.165, 1.54) is 6.07 Å². The van der Waals surface area contributed by atoms with Crippen LogP contribution in [0.1, 0.15) is 60.9 Å². The third-order valence-corrected chi connectivity index (χ3v) is 7.70. The zero-order chi connectivity index (χ0) is 28.5. The number of carboxylic acids is 1. The highest BCUT2D eigenvalue weighted by Crippen LogP contribution is 2.42. The van der Waals surface area contributed by atoms with Crippen molar-refractivity contribution >= 4 is 28.5 Å². The zero-order valence-corrected chi connectivity index (χ0v) is 23.7. The van der Waals surface area contributed by atoms with Gasteiger partial charge in [0.2, 0.25) is 0 Å². The minimum atomic E-state index is -1.11. The minimum Gasteiger partial charge on any atom is -0.478 e. The van der Waals surface area contributed by atoms with Crippen molar-refractivity contribution < 1.29 is 19.1 Å². The van der Waals surface area contributed by atoms with Crippen molar-refractivity contribution in [3.63, 3.8) is 0 Å². The molecule has 7 nitrogen and oxygen atoms in total. The van der Waals surface area contributed by atoms with Crippen molar-refractivity contribution in [3.8, 4) is 22.5 Å². The smallest absolute Gasteiger partial charge is 0.336 e. The average Bonchev–Trinajstić information content (AvgIpc) is 2.90. The maximum Gasteiger partial charge on any atom is 0.336 e. The second kappa shape index (κ2) is 10.9. The molecule has 0 radical (unpaired) electrons. The number of fused-ring (bicyclic) bond motifs is 2. The van der Waals surface area contributed by atoms with Crippen molar-refractivity contribution in [2.24, 2.45) is 16.3 Å². The zero-order valence-electron chi connectivity index (χ0n) is 23.7. The number of hydrogen-bond donors (Lipinski definition) is 3. The Bertz CT molecular complexity index is 1600. The number of nitrogens with zero attached hydrogens (tertiary/aromatic N) is 1. The maximum absolute atomic E-state index is 13.0. The number of carbonyl (C=O) groups is 2. The number of carboxylic acid groups (broad SMARTS) is 1. The molecule has 2 aromatic rings. The molecular weight excluding hydrogens is 490 g/mol. The molecule has 0 saturated carbocycles. The summed E-state index contributed by atoms with van der Waals surface area (Å²) in [5.41, 5.74) is 4.76. The summed E-state index contributed by atoms with van der Waals surface area (Å²) < 4.78 is 6.33. The van der Waals surface area contributed by atoms with E-state index >= 15 is 0 Å².